The maximum atomic E-state index is 13.8. The van der Waals surface area contributed by atoms with E-state index in [4.69, 9.17) is 4.74 Å². The quantitative estimate of drug-likeness (QED) is 0.844. The van der Waals surface area contributed by atoms with Crippen molar-refractivity contribution in [3.05, 3.63) is 18.2 Å². The maximum Gasteiger partial charge on any atom is 0.407 e. The van der Waals surface area contributed by atoms with E-state index in [1.165, 1.54) is 0 Å². The first-order valence-corrected chi connectivity index (χ1v) is 7.05. The number of alkyl halides is 2. The number of nitrogens with zero attached hydrogens (tertiary/aromatic N) is 2. The summed E-state index contributed by atoms with van der Waals surface area (Å²) >= 11 is 0. The van der Waals surface area contributed by atoms with E-state index < -0.39 is 30.7 Å². The molecule has 0 fully saturated rings. The molecule has 0 aliphatic rings. The van der Waals surface area contributed by atoms with Crippen molar-refractivity contribution in [3.8, 4) is 0 Å². The Bertz CT molecular complexity index is 497. The van der Waals surface area contributed by atoms with Gasteiger partial charge in [0.25, 0.3) is 5.92 Å². The van der Waals surface area contributed by atoms with Crippen LogP contribution in [0.3, 0.4) is 0 Å². The number of imidazole rings is 1. The van der Waals surface area contributed by atoms with Crippen LogP contribution in [-0.4, -0.2) is 40.3 Å². The lowest BCUT2D eigenvalue weighted by Gasteiger charge is -2.23. The number of ether oxygens (including phenoxy) is 1. The molecule has 1 amide bonds. The summed E-state index contributed by atoms with van der Waals surface area (Å²) < 4.78 is 34.2. The Balaban J connectivity index is 2.41. The molecule has 0 saturated carbocycles. The minimum atomic E-state index is -3.09. The van der Waals surface area contributed by atoms with Crippen molar-refractivity contribution < 1.29 is 18.3 Å². The summed E-state index contributed by atoms with van der Waals surface area (Å²) in [4.78, 5) is 15.5. The zero-order valence-electron chi connectivity index (χ0n) is 13.6. The van der Waals surface area contributed by atoms with Crippen molar-refractivity contribution in [2.75, 3.05) is 13.1 Å². The topological polar surface area (TPSA) is 68.2 Å². The van der Waals surface area contributed by atoms with Crippen LogP contribution in [0.4, 0.5) is 13.6 Å². The van der Waals surface area contributed by atoms with Gasteiger partial charge in [0.15, 0.2) is 0 Å². The van der Waals surface area contributed by atoms with Crippen LogP contribution in [0, 0.1) is 0 Å². The average molecular weight is 318 g/mol. The largest absolute Gasteiger partial charge is 0.444 e. The van der Waals surface area contributed by atoms with Gasteiger partial charge in [-0.2, -0.15) is 0 Å². The van der Waals surface area contributed by atoms with Gasteiger partial charge in [-0.1, -0.05) is 0 Å². The van der Waals surface area contributed by atoms with E-state index in [2.05, 4.69) is 15.6 Å². The van der Waals surface area contributed by atoms with Crippen LogP contribution >= 0.6 is 0 Å². The molecule has 0 aliphatic heterocycles. The molecule has 0 bridgehead atoms. The minimum Gasteiger partial charge on any atom is -0.444 e. The van der Waals surface area contributed by atoms with Gasteiger partial charge in [-0.15, -0.1) is 0 Å². The smallest absolute Gasteiger partial charge is 0.407 e. The summed E-state index contributed by atoms with van der Waals surface area (Å²) in [5.74, 6) is -2.42. The molecule has 22 heavy (non-hydrogen) atoms. The van der Waals surface area contributed by atoms with Gasteiger partial charge in [0.2, 0.25) is 0 Å². The van der Waals surface area contributed by atoms with E-state index in [-0.39, 0.29) is 6.04 Å². The third-order valence-corrected chi connectivity index (χ3v) is 2.80. The number of nitrogens with one attached hydrogen (secondary N) is 2. The molecule has 6 nitrogen and oxygen atoms in total. The van der Waals surface area contributed by atoms with E-state index >= 15 is 0 Å². The fraction of sp³-hybridized carbons (Fsp3) is 0.714. The highest BCUT2D eigenvalue weighted by atomic mass is 19.3. The Morgan fingerprint density at radius 2 is 2.05 bits per heavy atom. The molecule has 0 aliphatic carbocycles. The Hall–Kier alpha value is -1.70. The second-order valence-electron chi connectivity index (χ2n) is 6.21. The van der Waals surface area contributed by atoms with Gasteiger partial charge in [-0.3, -0.25) is 0 Å². The molecule has 0 saturated heterocycles. The summed E-state index contributed by atoms with van der Waals surface area (Å²) in [5, 5.41) is 4.79. The van der Waals surface area contributed by atoms with E-state index in [9.17, 15) is 13.6 Å². The van der Waals surface area contributed by atoms with Gasteiger partial charge < -0.3 is 19.9 Å². The van der Waals surface area contributed by atoms with E-state index in [0.717, 1.165) is 0 Å². The lowest BCUT2D eigenvalue weighted by molar-refractivity contribution is -0.00546. The third-order valence-electron chi connectivity index (χ3n) is 2.80. The molecular weight excluding hydrogens is 294 g/mol. The molecule has 1 aromatic rings. The monoisotopic (exact) mass is 318 g/mol. The van der Waals surface area contributed by atoms with E-state index in [1.54, 1.807) is 51.7 Å². The molecule has 0 aromatic carbocycles. The number of rotatable bonds is 6. The maximum absolute atomic E-state index is 13.8. The van der Waals surface area contributed by atoms with Crippen molar-refractivity contribution in [3.63, 3.8) is 0 Å². The zero-order valence-corrected chi connectivity index (χ0v) is 13.6. The number of hydrogen-bond acceptors (Lipinski definition) is 4. The minimum absolute atomic E-state index is 0.326. The lowest BCUT2D eigenvalue weighted by Crippen LogP contribution is -2.45. The molecule has 1 atom stereocenters. The van der Waals surface area contributed by atoms with Crippen molar-refractivity contribution >= 4 is 6.09 Å². The highest BCUT2D eigenvalue weighted by Crippen LogP contribution is 2.15. The number of carbonyl (C=O) groups is 1. The van der Waals surface area contributed by atoms with Crippen molar-refractivity contribution in [2.45, 2.75) is 45.3 Å². The third kappa shape index (κ3) is 6.38. The predicted octanol–water partition coefficient (Wildman–Crippen LogP) is 2.23. The standard InChI is InChI=1S/C14H24F2N4O2/c1-10(11-17-6-7-20(11)5)18-8-14(15,16)9-19-12(21)22-13(2,3)4/h6-7,10,18H,8-9H2,1-5H3,(H,19,21). The lowest BCUT2D eigenvalue weighted by atomic mass is 10.2. The highest BCUT2D eigenvalue weighted by molar-refractivity contribution is 5.67. The molecule has 1 rings (SSSR count). The van der Waals surface area contributed by atoms with E-state index in [0.29, 0.717) is 5.82 Å². The van der Waals surface area contributed by atoms with Gasteiger partial charge in [0, 0.05) is 19.4 Å². The average Bonchev–Trinajstić information content (AvgIpc) is 2.78. The van der Waals surface area contributed by atoms with Crippen molar-refractivity contribution in [1.29, 1.82) is 0 Å². The summed E-state index contributed by atoms with van der Waals surface area (Å²) in [6.45, 7) is 5.39. The molecule has 1 heterocycles. The molecule has 0 spiro atoms. The molecule has 0 radical (unpaired) electrons. The number of carbonyl (C=O) groups excluding carboxylic acids is 1. The Kier molecular flexibility index (Phi) is 5.87. The van der Waals surface area contributed by atoms with Crippen molar-refractivity contribution in [1.82, 2.24) is 20.2 Å². The zero-order chi connectivity index (χ0) is 17.0. The van der Waals surface area contributed by atoms with Gasteiger partial charge in [0.05, 0.1) is 19.1 Å². The Morgan fingerprint density at radius 3 is 2.55 bits per heavy atom. The van der Waals surface area contributed by atoms with Crippen LogP contribution < -0.4 is 10.6 Å². The van der Waals surface area contributed by atoms with Crippen LogP contribution in [0.5, 0.6) is 0 Å². The normalized spacial score (nSPS) is 13.8. The molecule has 2 N–H and O–H groups in total. The summed E-state index contributed by atoms with van der Waals surface area (Å²) in [5.41, 5.74) is -0.718. The fourth-order valence-corrected chi connectivity index (χ4v) is 1.77. The number of alkyl carbamates (subject to hydrolysis) is 1. The molecule has 1 unspecified atom stereocenters. The molecule has 8 heteroatoms. The fourth-order valence-electron chi connectivity index (χ4n) is 1.77. The molecule has 126 valence electrons. The summed E-state index contributed by atoms with van der Waals surface area (Å²) in [6, 6.07) is -0.326. The van der Waals surface area contributed by atoms with Gasteiger partial charge in [-0.05, 0) is 27.7 Å². The Morgan fingerprint density at radius 1 is 1.41 bits per heavy atom. The van der Waals surface area contributed by atoms with Crippen LogP contribution in [0.25, 0.3) is 0 Å². The Labute approximate surface area is 129 Å². The number of amides is 1. The van der Waals surface area contributed by atoms with Crippen LogP contribution in [-0.2, 0) is 11.8 Å². The van der Waals surface area contributed by atoms with Crippen molar-refractivity contribution in [2.24, 2.45) is 7.05 Å². The number of hydrogen-bond donors (Lipinski definition) is 2. The predicted molar refractivity (Wildman–Crippen MR) is 78.8 cm³/mol. The van der Waals surface area contributed by atoms with Gasteiger partial charge >= 0.3 is 6.09 Å². The van der Waals surface area contributed by atoms with E-state index in [1.807, 2.05) is 0 Å². The number of halogens is 2. The second-order valence-corrected chi connectivity index (χ2v) is 6.21. The summed E-state index contributed by atoms with van der Waals surface area (Å²) in [6.07, 6.45) is 2.50. The number of aryl methyl sites for hydroxylation is 1. The highest BCUT2D eigenvalue weighted by Gasteiger charge is 2.31. The number of aromatic nitrogens is 2. The molecular formula is C14H24F2N4O2. The first-order chi connectivity index (χ1) is 10.0. The molecule has 1 aromatic heterocycles. The summed E-state index contributed by atoms with van der Waals surface area (Å²) in [7, 11) is 1.79. The van der Waals surface area contributed by atoms with Gasteiger partial charge in [-0.25, -0.2) is 18.6 Å². The van der Waals surface area contributed by atoms with Gasteiger partial charge in [0.1, 0.15) is 11.4 Å². The second kappa shape index (κ2) is 7.04. The van der Waals surface area contributed by atoms with Crippen LogP contribution in [0.1, 0.15) is 39.6 Å². The van der Waals surface area contributed by atoms with Crippen LogP contribution in [0.2, 0.25) is 0 Å². The first-order valence-electron chi connectivity index (χ1n) is 7.05. The first kappa shape index (κ1) is 18.3. The SMILES string of the molecule is CC(NCC(F)(F)CNC(=O)OC(C)(C)C)c1nccn1C. The van der Waals surface area contributed by atoms with Crippen LogP contribution in [0.15, 0.2) is 12.4 Å².